The van der Waals surface area contributed by atoms with Crippen molar-refractivity contribution in [2.24, 2.45) is 0 Å². The molecule has 40 heavy (non-hydrogen) atoms. The van der Waals surface area contributed by atoms with Crippen molar-refractivity contribution in [3.63, 3.8) is 0 Å². The Kier molecular flexibility index (Phi) is 11.5. The van der Waals surface area contributed by atoms with Gasteiger partial charge in [-0.25, -0.2) is 8.42 Å². The van der Waals surface area contributed by atoms with Crippen molar-refractivity contribution in [2.75, 3.05) is 37.3 Å². The summed E-state index contributed by atoms with van der Waals surface area (Å²) in [7, 11) is -2.60. The summed E-state index contributed by atoms with van der Waals surface area (Å²) in [6, 6.07) is 22.1. The number of nitrogens with zero attached hydrogens (tertiary/aromatic N) is 2. The average Bonchev–Trinajstić information content (AvgIpc) is 2.98. The van der Waals surface area contributed by atoms with Crippen LogP contribution in [0.1, 0.15) is 25.8 Å². The molecule has 2 amide bonds. The maximum absolute atomic E-state index is 13.9. The number of sulfonamides is 1. The predicted octanol–water partition coefficient (Wildman–Crippen LogP) is 4.60. The Morgan fingerprint density at radius 3 is 2.15 bits per heavy atom. The lowest BCUT2D eigenvalue weighted by molar-refractivity contribution is -0.139. The number of rotatable bonds is 14. The molecule has 0 bridgehead atoms. The van der Waals surface area contributed by atoms with Gasteiger partial charge >= 0.3 is 0 Å². The zero-order valence-electron chi connectivity index (χ0n) is 23.4. The van der Waals surface area contributed by atoms with Gasteiger partial charge in [0.2, 0.25) is 11.8 Å². The van der Waals surface area contributed by atoms with E-state index in [1.54, 1.807) is 48.5 Å². The lowest BCUT2D eigenvalue weighted by Crippen LogP contribution is -2.52. The molecule has 8 nitrogen and oxygen atoms in total. The summed E-state index contributed by atoms with van der Waals surface area (Å²) in [6.07, 6.45) is 2.81. The molecule has 214 valence electrons. The van der Waals surface area contributed by atoms with Crippen LogP contribution in [0.3, 0.4) is 0 Å². The molecule has 0 saturated carbocycles. The van der Waals surface area contributed by atoms with Gasteiger partial charge in [-0.3, -0.25) is 13.9 Å². The van der Waals surface area contributed by atoms with Gasteiger partial charge < -0.3 is 15.0 Å². The molecule has 0 radical (unpaired) electrons. The highest BCUT2D eigenvalue weighted by Gasteiger charge is 2.33. The molecule has 0 aliphatic rings. The highest BCUT2D eigenvalue weighted by molar-refractivity contribution is 7.98. The first kappa shape index (κ1) is 31.0. The maximum atomic E-state index is 13.9. The Bertz CT molecular complexity index is 1350. The van der Waals surface area contributed by atoms with E-state index in [-0.39, 0.29) is 17.3 Å². The number of hydrogen-bond donors (Lipinski definition) is 1. The molecule has 3 rings (SSSR count). The van der Waals surface area contributed by atoms with Crippen molar-refractivity contribution in [1.82, 2.24) is 10.2 Å². The van der Waals surface area contributed by atoms with Gasteiger partial charge in [0.25, 0.3) is 10.0 Å². The molecule has 0 heterocycles. The molecule has 3 aromatic rings. The number of benzene rings is 3. The highest BCUT2D eigenvalue weighted by Crippen LogP contribution is 2.28. The second-order valence-electron chi connectivity index (χ2n) is 8.98. The number of amides is 2. The molecule has 0 aliphatic heterocycles. The van der Waals surface area contributed by atoms with Gasteiger partial charge in [-0.05, 0) is 80.1 Å². The summed E-state index contributed by atoms with van der Waals surface area (Å²) in [4.78, 5) is 29.2. The molecular formula is C30H37N3O5S2. The number of carbonyl (C=O) groups is 2. The lowest BCUT2D eigenvalue weighted by Gasteiger charge is -2.33. The van der Waals surface area contributed by atoms with E-state index >= 15 is 0 Å². The van der Waals surface area contributed by atoms with E-state index < -0.39 is 28.5 Å². The number of anilines is 1. The molecule has 1 atom stereocenters. The van der Waals surface area contributed by atoms with Gasteiger partial charge in [0, 0.05) is 18.5 Å². The van der Waals surface area contributed by atoms with Crippen LogP contribution in [0.2, 0.25) is 0 Å². The van der Waals surface area contributed by atoms with E-state index in [0.717, 1.165) is 14.8 Å². The summed E-state index contributed by atoms with van der Waals surface area (Å²) in [6.45, 7) is 3.95. The standard InChI is InChI=1S/C30H37N3O5S2/c1-5-28(30(35)31-3)32(21-20-23-10-8-7-9-11-23)29(34)22-33(24-12-14-25(15-13-24)38-6-2)40(36,37)27-18-16-26(39-4)17-19-27/h7-19,28H,5-6,20-22H2,1-4H3,(H,31,35)/t28-/m1/s1. The summed E-state index contributed by atoms with van der Waals surface area (Å²) >= 11 is 1.51. The van der Waals surface area contributed by atoms with Gasteiger partial charge in [-0.2, -0.15) is 0 Å². The van der Waals surface area contributed by atoms with Crippen LogP contribution in [-0.2, 0) is 26.0 Å². The van der Waals surface area contributed by atoms with Crippen molar-refractivity contribution < 1.29 is 22.7 Å². The van der Waals surface area contributed by atoms with Crippen molar-refractivity contribution in [3.8, 4) is 5.75 Å². The van der Waals surface area contributed by atoms with Crippen LogP contribution in [0.25, 0.3) is 0 Å². The number of ether oxygens (including phenoxy) is 1. The quantitative estimate of drug-likeness (QED) is 0.279. The third-order valence-electron chi connectivity index (χ3n) is 6.48. The number of thioether (sulfide) groups is 1. The van der Waals surface area contributed by atoms with Crippen LogP contribution >= 0.6 is 11.8 Å². The van der Waals surface area contributed by atoms with Crippen LogP contribution in [-0.4, -0.2) is 64.2 Å². The zero-order chi connectivity index (χ0) is 29.1. The molecule has 1 N–H and O–H groups in total. The predicted molar refractivity (Wildman–Crippen MR) is 160 cm³/mol. The molecule has 0 aliphatic carbocycles. The van der Waals surface area contributed by atoms with E-state index in [9.17, 15) is 18.0 Å². The minimum absolute atomic E-state index is 0.0705. The minimum Gasteiger partial charge on any atom is -0.494 e. The summed E-state index contributed by atoms with van der Waals surface area (Å²) in [5.41, 5.74) is 1.33. The Morgan fingerprint density at radius 1 is 0.950 bits per heavy atom. The number of likely N-dealkylation sites (N-methyl/N-ethyl adjacent to an activating group) is 1. The molecule has 0 spiro atoms. The fourth-order valence-corrected chi connectivity index (χ4v) is 6.16. The van der Waals surface area contributed by atoms with Crippen LogP contribution in [0.15, 0.2) is 88.7 Å². The van der Waals surface area contributed by atoms with Crippen LogP contribution in [0.4, 0.5) is 5.69 Å². The number of carbonyl (C=O) groups excluding carboxylic acids is 2. The molecule has 3 aromatic carbocycles. The summed E-state index contributed by atoms with van der Waals surface area (Å²) in [5, 5.41) is 2.64. The molecule has 10 heteroatoms. The van der Waals surface area contributed by atoms with Crippen molar-refractivity contribution in [3.05, 3.63) is 84.4 Å². The Balaban J connectivity index is 2.01. The van der Waals surface area contributed by atoms with Gasteiger partial charge in [-0.15, -0.1) is 11.8 Å². The maximum Gasteiger partial charge on any atom is 0.264 e. The topological polar surface area (TPSA) is 96.0 Å². The van der Waals surface area contributed by atoms with E-state index in [0.29, 0.717) is 30.9 Å². The second kappa shape index (κ2) is 14.8. The minimum atomic E-state index is -4.12. The fourth-order valence-electron chi connectivity index (χ4n) is 4.34. The second-order valence-corrected chi connectivity index (χ2v) is 11.7. The van der Waals surface area contributed by atoms with E-state index in [4.69, 9.17) is 4.74 Å². The van der Waals surface area contributed by atoms with Crippen molar-refractivity contribution in [1.29, 1.82) is 0 Å². The summed E-state index contributed by atoms with van der Waals surface area (Å²) < 4.78 is 34.5. The third kappa shape index (κ3) is 7.79. The molecule has 0 saturated heterocycles. The first-order valence-corrected chi connectivity index (χ1v) is 15.9. The van der Waals surface area contributed by atoms with Gasteiger partial charge in [0.15, 0.2) is 0 Å². The molecule has 0 aromatic heterocycles. The highest BCUT2D eigenvalue weighted by atomic mass is 32.2. The number of hydrogen-bond acceptors (Lipinski definition) is 6. The normalized spacial score (nSPS) is 11.9. The third-order valence-corrected chi connectivity index (χ3v) is 9.01. The Morgan fingerprint density at radius 2 is 1.60 bits per heavy atom. The SMILES string of the molecule is CCOc1ccc(N(CC(=O)N(CCc2ccccc2)[C@H](CC)C(=O)NC)S(=O)(=O)c2ccc(SC)cc2)cc1. The molecular weight excluding hydrogens is 546 g/mol. The zero-order valence-corrected chi connectivity index (χ0v) is 25.0. The lowest BCUT2D eigenvalue weighted by atomic mass is 10.1. The van der Waals surface area contributed by atoms with Gasteiger partial charge in [0.1, 0.15) is 18.3 Å². The van der Waals surface area contributed by atoms with Crippen LogP contribution < -0.4 is 14.4 Å². The molecule has 0 unspecified atom stereocenters. The van der Waals surface area contributed by atoms with Crippen LogP contribution in [0.5, 0.6) is 5.75 Å². The molecule has 0 fully saturated rings. The fraction of sp³-hybridized carbons (Fsp3) is 0.333. The average molecular weight is 584 g/mol. The van der Waals surface area contributed by atoms with Gasteiger partial charge in [-0.1, -0.05) is 37.3 Å². The monoisotopic (exact) mass is 583 g/mol. The van der Waals surface area contributed by atoms with Crippen molar-refractivity contribution in [2.45, 2.75) is 42.5 Å². The van der Waals surface area contributed by atoms with Gasteiger partial charge in [0.05, 0.1) is 17.2 Å². The Hall–Kier alpha value is -3.50. The smallest absolute Gasteiger partial charge is 0.264 e. The van der Waals surface area contributed by atoms with E-state index in [1.165, 1.54) is 23.7 Å². The first-order valence-electron chi connectivity index (χ1n) is 13.2. The van der Waals surface area contributed by atoms with Crippen molar-refractivity contribution >= 4 is 39.3 Å². The summed E-state index contributed by atoms with van der Waals surface area (Å²) in [5.74, 6) is -0.175. The van der Waals surface area contributed by atoms with E-state index in [2.05, 4.69) is 5.32 Å². The van der Waals surface area contributed by atoms with E-state index in [1.807, 2.05) is 50.4 Å². The number of nitrogens with one attached hydrogen (secondary N) is 1. The first-order chi connectivity index (χ1) is 19.2. The van der Waals surface area contributed by atoms with Crippen LogP contribution in [0, 0.1) is 0 Å². The largest absolute Gasteiger partial charge is 0.494 e. The Labute approximate surface area is 241 Å².